The molecule has 0 unspecified atom stereocenters. The molecular weight excluding hydrogens is 671 g/mol. The van der Waals surface area contributed by atoms with Crippen LogP contribution in [-0.4, -0.2) is 13.7 Å². The average Bonchev–Trinajstić information content (AvgIpc) is 3.88. The zero-order chi connectivity index (χ0) is 36.6. The van der Waals surface area contributed by atoms with E-state index in [1.807, 2.05) is 30.3 Å². The van der Waals surface area contributed by atoms with E-state index in [4.69, 9.17) is 6.57 Å². The Bertz CT molecular complexity index is 3350. The molecule has 0 radical (unpaired) electrons. The molecule has 0 fully saturated rings. The molecule has 0 bridgehead atoms. The molecule has 11 aromatic rings. The molecule has 0 atom stereocenters. The number of rotatable bonds is 4. The van der Waals surface area contributed by atoms with Gasteiger partial charge in [-0.2, -0.15) is 5.26 Å². The second-order valence-electron chi connectivity index (χ2n) is 14.0. The smallest absolute Gasteiger partial charge is 0.189 e. The van der Waals surface area contributed by atoms with E-state index in [1.165, 1.54) is 32.6 Å². The lowest BCUT2D eigenvalue weighted by Crippen LogP contribution is -1.99. The van der Waals surface area contributed by atoms with Gasteiger partial charge in [0.1, 0.15) is 6.07 Å². The van der Waals surface area contributed by atoms with Crippen molar-refractivity contribution in [3.8, 4) is 34.3 Å². The highest BCUT2D eigenvalue weighted by molar-refractivity contribution is 6.13. The quantitative estimate of drug-likeness (QED) is 0.169. The van der Waals surface area contributed by atoms with Gasteiger partial charge >= 0.3 is 0 Å². The van der Waals surface area contributed by atoms with E-state index in [1.54, 1.807) is 0 Å². The minimum Gasteiger partial charge on any atom is -0.309 e. The Kier molecular flexibility index (Phi) is 6.61. The van der Waals surface area contributed by atoms with Crippen LogP contribution in [0.25, 0.3) is 98.5 Å². The van der Waals surface area contributed by atoms with Gasteiger partial charge in [0.15, 0.2) is 5.69 Å². The molecule has 0 aliphatic rings. The fourth-order valence-electron chi connectivity index (χ4n) is 8.67. The highest BCUT2D eigenvalue weighted by atomic mass is 15.0. The second kappa shape index (κ2) is 11.8. The first-order valence-electron chi connectivity index (χ1n) is 18.3. The number of benzene rings is 8. The zero-order valence-corrected chi connectivity index (χ0v) is 29.5. The van der Waals surface area contributed by atoms with Crippen LogP contribution in [0.4, 0.5) is 5.69 Å². The number of para-hydroxylation sites is 4. The highest BCUT2D eigenvalue weighted by Crippen LogP contribution is 2.39. The van der Waals surface area contributed by atoms with Crippen molar-refractivity contribution in [3.05, 3.63) is 193 Å². The van der Waals surface area contributed by atoms with Crippen molar-refractivity contribution in [2.75, 3.05) is 0 Å². The maximum Gasteiger partial charge on any atom is 0.189 e. The highest BCUT2D eigenvalue weighted by Gasteiger charge is 2.19. The Morgan fingerprint density at radius 1 is 0.400 bits per heavy atom. The van der Waals surface area contributed by atoms with Crippen molar-refractivity contribution in [2.24, 2.45) is 0 Å². The first kappa shape index (κ1) is 30.7. The Morgan fingerprint density at radius 2 is 0.891 bits per heavy atom. The summed E-state index contributed by atoms with van der Waals surface area (Å²) in [4.78, 5) is 3.77. The van der Waals surface area contributed by atoms with E-state index in [2.05, 4.69) is 170 Å². The van der Waals surface area contributed by atoms with Crippen LogP contribution < -0.4 is 0 Å². The molecule has 0 spiro atoms. The third-order valence-corrected chi connectivity index (χ3v) is 11.1. The third-order valence-electron chi connectivity index (χ3n) is 11.1. The Labute approximate surface area is 316 Å². The van der Waals surface area contributed by atoms with E-state index < -0.39 is 0 Å². The van der Waals surface area contributed by atoms with E-state index in [0.717, 1.165) is 61.0 Å². The molecule has 3 aromatic heterocycles. The van der Waals surface area contributed by atoms with Crippen LogP contribution in [0, 0.1) is 17.9 Å². The van der Waals surface area contributed by atoms with Gasteiger partial charge in [0, 0.05) is 49.2 Å². The standard InChI is InChI=1S/C50H29N5/c1-52-35-21-25-42-43-30-37(54-47-16-8-4-12-40(47)41-13-5-9-17-48(41)54)24-27-49(43)55(50(42)29-35)44-26-20-33(28-34(44)31-51)32-18-22-36(23-19-32)53-45-14-6-2-10-38(45)39-11-3-7-15-46(39)53/h2-30H. The van der Waals surface area contributed by atoms with Crippen LogP contribution in [-0.2, 0) is 0 Å². The predicted octanol–water partition coefficient (Wildman–Crippen LogP) is 13.1. The van der Waals surface area contributed by atoms with Crippen LogP contribution in [0.2, 0.25) is 0 Å². The van der Waals surface area contributed by atoms with E-state index in [0.29, 0.717) is 11.3 Å². The number of nitriles is 1. The van der Waals surface area contributed by atoms with Crippen molar-refractivity contribution in [1.82, 2.24) is 13.7 Å². The fourth-order valence-corrected chi connectivity index (χ4v) is 8.67. The van der Waals surface area contributed by atoms with E-state index in [9.17, 15) is 5.26 Å². The summed E-state index contributed by atoms with van der Waals surface area (Å²) in [5, 5.41) is 17.6. The van der Waals surface area contributed by atoms with Crippen molar-refractivity contribution >= 4 is 71.1 Å². The molecule has 254 valence electrons. The van der Waals surface area contributed by atoms with Crippen LogP contribution in [0.5, 0.6) is 0 Å². The summed E-state index contributed by atoms with van der Waals surface area (Å²) in [5.41, 5.74) is 12.5. The van der Waals surface area contributed by atoms with Crippen molar-refractivity contribution < 1.29 is 0 Å². The Morgan fingerprint density at radius 3 is 1.45 bits per heavy atom. The van der Waals surface area contributed by atoms with E-state index in [-0.39, 0.29) is 0 Å². The van der Waals surface area contributed by atoms with Gasteiger partial charge in [-0.1, -0.05) is 103 Å². The molecule has 0 saturated carbocycles. The summed E-state index contributed by atoms with van der Waals surface area (Å²) >= 11 is 0. The van der Waals surface area contributed by atoms with Crippen molar-refractivity contribution in [3.63, 3.8) is 0 Å². The lowest BCUT2D eigenvalue weighted by Gasteiger charge is -2.13. The average molecular weight is 700 g/mol. The minimum atomic E-state index is 0.553. The molecular formula is C50H29N5. The summed E-state index contributed by atoms with van der Waals surface area (Å²) < 4.78 is 6.77. The molecule has 0 N–H and O–H groups in total. The minimum absolute atomic E-state index is 0.553. The normalized spacial score (nSPS) is 11.6. The lowest BCUT2D eigenvalue weighted by molar-refractivity contribution is 1.16. The molecule has 55 heavy (non-hydrogen) atoms. The van der Waals surface area contributed by atoms with Crippen LogP contribution in [0.3, 0.4) is 0 Å². The van der Waals surface area contributed by atoms with Gasteiger partial charge in [-0.25, -0.2) is 4.85 Å². The first-order chi connectivity index (χ1) is 27.2. The molecule has 5 heteroatoms. The molecule has 0 saturated heterocycles. The number of nitrogens with zero attached hydrogens (tertiary/aromatic N) is 5. The SMILES string of the molecule is [C-]#[N+]c1ccc2c3cc(-n4c5ccccc5c5ccccc54)ccc3n(-c3ccc(-c4ccc(-n5c6ccccc6c6ccccc65)cc4)cc3C#N)c2c1. The van der Waals surface area contributed by atoms with Crippen molar-refractivity contribution in [1.29, 1.82) is 5.26 Å². The number of hydrogen-bond acceptors (Lipinski definition) is 1. The first-order valence-corrected chi connectivity index (χ1v) is 18.3. The summed E-state index contributed by atoms with van der Waals surface area (Å²) in [5.74, 6) is 0. The molecule has 8 aromatic carbocycles. The maximum absolute atomic E-state index is 10.7. The largest absolute Gasteiger partial charge is 0.309 e. The number of fused-ring (bicyclic) bond motifs is 9. The van der Waals surface area contributed by atoms with E-state index >= 15 is 0 Å². The topological polar surface area (TPSA) is 42.9 Å². The van der Waals surface area contributed by atoms with Gasteiger partial charge in [0.2, 0.25) is 0 Å². The monoisotopic (exact) mass is 699 g/mol. The lowest BCUT2D eigenvalue weighted by atomic mass is 10.0. The molecule has 3 heterocycles. The maximum atomic E-state index is 10.7. The van der Waals surface area contributed by atoms with Crippen LogP contribution in [0.1, 0.15) is 5.56 Å². The van der Waals surface area contributed by atoms with Gasteiger partial charge < -0.3 is 13.7 Å². The third kappa shape index (κ3) is 4.51. The summed E-state index contributed by atoms with van der Waals surface area (Å²) in [7, 11) is 0. The second-order valence-corrected chi connectivity index (χ2v) is 14.0. The molecule has 0 amide bonds. The molecule has 0 aliphatic carbocycles. The van der Waals surface area contributed by atoms with Crippen LogP contribution >= 0.6 is 0 Å². The molecule has 11 rings (SSSR count). The zero-order valence-electron chi connectivity index (χ0n) is 29.5. The van der Waals surface area contributed by atoms with Gasteiger partial charge in [-0.05, 0) is 83.9 Å². The van der Waals surface area contributed by atoms with Gasteiger partial charge in [-0.3, -0.25) is 0 Å². The fraction of sp³-hybridized carbons (Fsp3) is 0. The Balaban J connectivity index is 1.05. The van der Waals surface area contributed by atoms with Gasteiger partial charge in [-0.15, -0.1) is 0 Å². The molecule has 0 aliphatic heterocycles. The van der Waals surface area contributed by atoms with Gasteiger partial charge in [0.05, 0.1) is 45.4 Å². The number of hydrogen-bond donors (Lipinski definition) is 0. The van der Waals surface area contributed by atoms with Crippen molar-refractivity contribution in [2.45, 2.75) is 0 Å². The van der Waals surface area contributed by atoms with Crippen LogP contribution in [0.15, 0.2) is 176 Å². The van der Waals surface area contributed by atoms with Gasteiger partial charge in [0.25, 0.3) is 0 Å². The predicted molar refractivity (Wildman–Crippen MR) is 226 cm³/mol. The molecule has 5 nitrogen and oxygen atoms in total. The summed E-state index contributed by atoms with van der Waals surface area (Å²) in [6.07, 6.45) is 0. The summed E-state index contributed by atoms with van der Waals surface area (Å²) in [6.45, 7) is 7.81. The summed E-state index contributed by atoms with van der Waals surface area (Å²) in [6, 6.07) is 63.7. The number of aromatic nitrogens is 3. The Hall–Kier alpha value is -7.86.